The van der Waals surface area contributed by atoms with Crippen molar-refractivity contribution in [2.45, 2.75) is 122 Å². The Balaban J connectivity index is 2.25. The number of carbonyl (C=O) groups is 2. The van der Waals surface area contributed by atoms with E-state index < -0.39 is 22.4 Å². The molecule has 0 amide bonds. The summed E-state index contributed by atoms with van der Waals surface area (Å²) in [4.78, 5) is 30.7. The molecule has 0 bridgehead atoms. The summed E-state index contributed by atoms with van der Waals surface area (Å²) >= 11 is 11.8. The molecule has 4 nitrogen and oxygen atoms in total. The Bertz CT molecular complexity index is 928. The highest BCUT2D eigenvalue weighted by Gasteiger charge is 2.49. The van der Waals surface area contributed by atoms with Crippen LogP contribution < -0.4 is 0 Å². The maximum Gasteiger partial charge on any atom is 0.310 e. The van der Waals surface area contributed by atoms with Crippen molar-refractivity contribution >= 4 is 56.9 Å². The van der Waals surface area contributed by atoms with E-state index in [1.54, 1.807) is 6.07 Å². The molecule has 0 radical (unpaired) electrons. The van der Waals surface area contributed by atoms with Crippen molar-refractivity contribution in [2.75, 3.05) is 0 Å². The minimum absolute atomic E-state index is 0.409. The molecule has 1 N–H and O–H groups in total. The normalized spacial score (nSPS) is 12.8. The third-order valence-corrected chi connectivity index (χ3v) is 8.87. The Kier molecular flexibility index (Phi) is 14.4. The second kappa shape index (κ2) is 16.7. The molecule has 1 atom stereocenters. The SMILES string of the molecule is CCCCCCCCCC(CCCCCCCCC)(C(=O)O)C(C(=O)S)c1nc2ccc(Cl)cc2s1. The van der Waals surface area contributed by atoms with Crippen LogP contribution in [0.1, 0.15) is 128 Å². The predicted octanol–water partition coefficient (Wildman–Crippen LogP) is 9.84. The number of hydrogen-bond acceptors (Lipinski definition) is 4. The summed E-state index contributed by atoms with van der Waals surface area (Å²) in [5.41, 5.74) is -0.450. The number of aromatic nitrogens is 1. The number of rotatable bonds is 20. The van der Waals surface area contributed by atoms with Crippen LogP contribution in [-0.4, -0.2) is 21.2 Å². The molecule has 0 aliphatic carbocycles. The lowest BCUT2D eigenvalue weighted by molar-refractivity contribution is -0.153. The molecule has 0 saturated heterocycles. The molecule has 0 fully saturated rings. The number of carboxylic acids is 1. The number of benzene rings is 1. The molecule has 0 aliphatic heterocycles. The quantitative estimate of drug-likeness (QED) is 0.126. The molecule has 0 saturated carbocycles. The van der Waals surface area contributed by atoms with E-state index in [1.807, 2.05) is 12.1 Å². The number of fused-ring (bicyclic) bond motifs is 1. The number of nitrogens with zero attached hydrogens (tertiary/aromatic N) is 1. The zero-order valence-electron chi connectivity index (χ0n) is 22.1. The van der Waals surface area contributed by atoms with E-state index in [-0.39, 0.29) is 0 Å². The molecular formula is C29H44ClNO3S2. The van der Waals surface area contributed by atoms with Crippen LogP contribution in [0.4, 0.5) is 0 Å². The lowest BCUT2D eigenvalue weighted by Crippen LogP contribution is -2.40. The van der Waals surface area contributed by atoms with Gasteiger partial charge in [0.25, 0.3) is 0 Å². The molecule has 1 aromatic heterocycles. The van der Waals surface area contributed by atoms with Crippen LogP contribution in [0.3, 0.4) is 0 Å². The van der Waals surface area contributed by atoms with Crippen molar-refractivity contribution in [1.82, 2.24) is 4.98 Å². The van der Waals surface area contributed by atoms with Crippen molar-refractivity contribution in [3.05, 3.63) is 28.2 Å². The van der Waals surface area contributed by atoms with Gasteiger partial charge in [-0.15, -0.1) is 24.0 Å². The highest BCUT2D eigenvalue weighted by Crippen LogP contribution is 2.48. The fraction of sp³-hybridized carbons (Fsp3) is 0.690. The summed E-state index contributed by atoms with van der Waals surface area (Å²) in [5, 5.41) is 11.4. The summed E-state index contributed by atoms with van der Waals surface area (Å²) < 4.78 is 0.864. The van der Waals surface area contributed by atoms with E-state index in [9.17, 15) is 14.7 Å². The molecule has 0 aliphatic rings. The maximum absolute atomic E-state index is 13.0. The summed E-state index contributed by atoms with van der Waals surface area (Å²) in [7, 11) is 0. The molecule has 2 rings (SSSR count). The maximum atomic E-state index is 13.0. The van der Waals surface area contributed by atoms with Crippen LogP contribution in [-0.2, 0) is 9.59 Å². The zero-order valence-corrected chi connectivity index (χ0v) is 24.5. The topological polar surface area (TPSA) is 67.3 Å². The number of carboxylic acid groups (broad SMARTS) is 1. The van der Waals surface area contributed by atoms with Gasteiger partial charge in [0.1, 0.15) is 5.01 Å². The van der Waals surface area contributed by atoms with Gasteiger partial charge >= 0.3 is 5.97 Å². The number of thiol groups is 1. The number of hydrogen-bond donors (Lipinski definition) is 2. The molecule has 202 valence electrons. The van der Waals surface area contributed by atoms with E-state index in [2.05, 4.69) is 26.5 Å². The van der Waals surface area contributed by atoms with E-state index in [1.165, 1.54) is 62.7 Å². The first-order valence-corrected chi connectivity index (χ1v) is 15.5. The van der Waals surface area contributed by atoms with Crippen molar-refractivity contribution < 1.29 is 14.7 Å². The molecule has 1 unspecified atom stereocenters. The fourth-order valence-electron chi connectivity index (χ4n) is 5.16. The number of unbranched alkanes of at least 4 members (excludes halogenated alkanes) is 12. The van der Waals surface area contributed by atoms with Gasteiger partial charge in [-0.1, -0.05) is 115 Å². The largest absolute Gasteiger partial charge is 0.481 e. The highest BCUT2D eigenvalue weighted by atomic mass is 35.5. The predicted molar refractivity (Wildman–Crippen MR) is 157 cm³/mol. The lowest BCUT2D eigenvalue weighted by Gasteiger charge is -2.35. The number of thiazole rings is 1. The molecule has 1 aromatic carbocycles. The van der Waals surface area contributed by atoms with Gasteiger partial charge in [-0.05, 0) is 31.0 Å². The van der Waals surface area contributed by atoms with Gasteiger partial charge in [0.2, 0.25) is 0 Å². The monoisotopic (exact) mass is 553 g/mol. The van der Waals surface area contributed by atoms with E-state index >= 15 is 0 Å². The van der Waals surface area contributed by atoms with Crippen LogP contribution >= 0.6 is 35.6 Å². The molecule has 1 heterocycles. The van der Waals surface area contributed by atoms with Crippen LogP contribution in [0.25, 0.3) is 10.2 Å². The van der Waals surface area contributed by atoms with Crippen LogP contribution in [0.2, 0.25) is 5.02 Å². The van der Waals surface area contributed by atoms with Crippen LogP contribution in [0.5, 0.6) is 0 Å². The molecule has 7 heteroatoms. The van der Waals surface area contributed by atoms with Crippen molar-refractivity contribution in [1.29, 1.82) is 0 Å². The summed E-state index contributed by atoms with van der Waals surface area (Å²) in [5.74, 6) is -1.76. The van der Waals surface area contributed by atoms with Gasteiger partial charge in [0.05, 0.1) is 21.5 Å². The van der Waals surface area contributed by atoms with Gasteiger partial charge < -0.3 is 5.11 Å². The van der Waals surface area contributed by atoms with Crippen molar-refractivity contribution in [2.24, 2.45) is 5.41 Å². The highest BCUT2D eigenvalue weighted by molar-refractivity contribution is 7.96. The average molecular weight is 554 g/mol. The van der Waals surface area contributed by atoms with Gasteiger partial charge in [-0.2, -0.15) is 0 Å². The van der Waals surface area contributed by atoms with Crippen LogP contribution in [0, 0.1) is 5.41 Å². The van der Waals surface area contributed by atoms with Gasteiger partial charge in [0.15, 0.2) is 5.12 Å². The number of halogens is 1. The third kappa shape index (κ3) is 9.33. The standard InChI is InChI=1S/C29H44ClNO3S2/c1-3-5-7-9-11-13-15-19-29(28(33)34,20-16-14-12-10-8-6-4-2)25(27(32)35)26-31-23-18-17-22(30)21-24(23)36-26/h17-18,21,25H,3-16,19-20H2,1-2H3,(H,32,35)(H,33,34). The van der Waals surface area contributed by atoms with E-state index in [0.29, 0.717) is 22.9 Å². The Morgan fingerprint density at radius 3 is 1.89 bits per heavy atom. The van der Waals surface area contributed by atoms with Gasteiger partial charge in [-0.25, -0.2) is 4.98 Å². The second-order valence-corrected chi connectivity index (χ2v) is 12.1. The van der Waals surface area contributed by atoms with Crippen molar-refractivity contribution in [3.63, 3.8) is 0 Å². The molecule has 0 spiro atoms. The third-order valence-electron chi connectivity index (χ3n) is 7.29. The number of carbonyl (C=O) groups excluding carboxylic acids is 1. The summed E-state index contributed by atoms with van der Waals surface area (Å²) in [6, 6.07) is 5.42. The first kappa shape index (κ1) is 31.1. The Labute approximate surface area is 232 Å². The molecule has 2 aromatic rings. The average Bonchev–Trinajstić information content (AvgIpc) is 3.24. The first-order chi connectivity index (χ1) is 17.4. The van der Waals surface area contributed by atoms with E-state index in [4.69, 9.17) is 16.6 Å². The lowest BCUT2D eigenvalue weighted by atomic mass is 9.68. The Morgan fingerprint density at radius 1 is 0.917 bits per heavy atom. The fourth-order valence-corrected chi connectivity index (χ4v) is 7.08. The van der Waals surface area contributed by atoms with Crippen molar-refractivity contribution in [3.8, 4) is 0 Å². The molecule has 36 heavy (non-hydrogen) atoms. The Hall–Kier alpha value is -1.11. The smallest absolute Gasteiger partial charge is 0.310 e. The van der Waals surface area contributed by atoms with Gasteiger partial charge in [-0.3, -0.25) is 9.59 Å². The summed E-state index contributed by atoms with van der Waals surface area (Å²) in [6.45, 7) is 4.41. The molecular weight excluding hydrogens is 510 g/mol. The minimum Gasteiger partial charge on any atom is -0.481 e. The minimum atomic E-state index is -1.19. The first-order valence-electron chi connectivity index (χ1n) is 13.9. The van der Waals surface area contributed by atoms with Gasteiger partial charge in [0, 0.05) is 5.02 Å². The number of aliphatic carboxylic acids is 1. The van der Waals surface area contributed by atoms with E-state index in [0.717, 1.165) is 48.7 Å². The second-order valence-electron chi connectivity index (χ2n) is 10.1. The Morgan fingerprint density at radius 2 is 1.42 bits per heavy atom. The van der Waals surface area contributed by atoms with Crippen LogP contribution in [0.15, 0.2) is 18.2 Å². The zero-order chi connectivity index (χ0) is 26.4. The summed E-state index contributed by atoms with van der Waals surface area (Å²) in [6.07, 6.45) is 16.4.